The molecule has 0 amide bonds. The van der Waals surface area contributed by atoms with Gasteiger partial charge >= 0.3 is 0 Å². The standard InChI is InChI=1S/C11H22N4.H2/c1-11(2,3)7-6-8-13-10(14-9-12)15(4)5;/h6-8H2,1-5H3,(H,13,14);1H. The molecule has 0 rings (SSSR count). The van der Waals surface area contributed by atoms with Crippen LogP contribution in [0.4, 0.5) is 0 Å². The van der Waals surface area contributed by atoms with Crippen molar-refractivity contribution in [3.05, 3.63) is 0 Å². The van der Waals surface area contributed by atoms with Gasteiger partial charge in [-0.3, -0.25) is 10.3 Å². The van der Waals surface area contributed by atoms with E-state index in [1.807, 2.05) is 20.3 Å². The van der Waals surface area contributed by atoms with Crippen LogP contribution in [0.15, 0.2) is 4.99 Å². The van der Waals surface area contributed by atoms with Crippen LogP contribution in [-0.2, 0) is 0 Å². The molecule has 0 unspecified atom stereocenters. The van der Waals surface area contributed by atoms with E-state index < -0.39 is 0 Å². The molecule has 0 atom stereocenters. The number of hydrogen-bond donors (Lipinski definition) is 1. The molecular weight excluding hydrogens is 188 g/mol. The molecule has 88 valence electrons. The van der Waals surface area contributed by atoms with E-state index >= 15 is 0 Å². The van der Waals surface area contributed by atoms with Crippen molar-refractivity contribution >= 4 is 5.96 Å². The van der Waals surface area contributed by atoms with Crippen molar-refractivity contribution in [2.45, 2.75) is 33.6 Å². The van der Waals surface area contributed by atoms with Crippen molar-refractivity contribution in [2.75, 3.05) is 20.6 Å². The Morgan fingerprint density at radius 2 is 2.07 bits per heavy atom. The van der Waals surface area contributed by atoms with E-state index in [1.165, 1.54) is 0 Å². The van der Waals surface area contributed by atoms with Gasteiger partial charge in [0.05, 0.1) is 0 Å². The van der Waals surface area contributed by atoms with Crippen molar-refractivity contribution in [2.24, 2.45) is 10.4 Å². The van der Waals surface area contributed by atoms with E-state index in [9.17, 15) is 0 Å². The predicted octanol–water partition coefficient (Wildman–Crippen LogP) is 2.05. The summed E-state index contributed by atoms with van der Waals surface area (Å²) in [5, 5.41) is 11.1. The SMILES string of the molecule is CN(C)C(=NCCCC(C)(C)C)NC#N.[HH]. The molecule has 0 radical (unpaired) electrons. The van der Waals surface area contributed by atoms with Gasteiger partial charge in [-0.2, -0.15) is 5.26 Å². The van der Waals surface area contributed by atoms with Crippen molar-refractivity contribution < 1.29 is 1.43 Å². The van der Waals surface area contributed by atoms with Gasteiger partial charge in [-0.05, 0) is 18.3 Å². The fraction of sp³-hybridized carbons (Fsp3) is 0.818. The van der Waals surface area contributed by atoms with Gasteiger partial charge in [-0.1, -0.05) is 20.8 Å². The lowest BCUT2D eigenvalue weighted by atomic mass is 9.91. The van der Waals surface area contributed by atoms with E-state index in [2.05, 4.69) is 31.1 Å². The van der Waals surface area contributed by atoms with Gasteiger partial charge in [-0.25, -0.2) is 0 Å². The number of nitrogens with zero attached hydrogens (tertiary/aromatic N) is 3. The van der Waals surface area contributed by atoms with Crippen LogP contribution in [0.2, 0.25) is 0 Å². The lowest BCUT2D eigenvalue weighted by molar-refractivity contribution is 0.368. The third-order valence-electron chi connectivity index (χ3n) is 1.94. The highest BCUT2D eigenvalue weighted by Crippen LogP contribution is 2.20. The van der Waals surface area contributed by atoms with Crippen molar-refractivity contribution in [3.63, 3.8) is 0 Å². The lowest BCUT2D eigenvalue weighted by Gasteiger charge is -2.17. The van der Waals surface area contributed by atoms with Crippen molar-refractivity contribution in [1.29, 1.82) is 5.26 Å². The predicted molar refractivity (Wildman–Crippen MR) is 65.5 cm³/mol. The highest BCUT2D eigenvalue weighted by molar-refractivity contribution is 5.80. The summed E-state index contributed by atoms with van der Waals surface area (Å²) >= 11 is 0. The van der Waals surface area contributed by atoms with E-state index in [4.69, 9.17) is 5.26 Å². The molecule has 0 aliphatic carbocycles. The number of nitriles is 1. The molecule has 0 fully saturated rings. The van der Waals surface area contributed by atoms with E-state index in [0.29, 0.717) is 11.4 Å². The van der Waals surface area contributed by atoms with Crippen LogP contribution in [0.1, 0.15) is 35.0 Å². The molecule has 1 N–H and O–H groups in total. The molecule has 15 heavy (non-hydrogen) atoms. The molecule has 0 aromatic carbocycles. The summed E-state index contributed by atoms with van der Waals surface area (Å²) in [4.78, 5) is 6.13. The average Bonchev–Trinajstić information content (AvgIpc) is 2.08. The zero-order valence-electron chi connectivity index (χ0n) is 10.5. The Hall–Kier alpha value is -1.24. The molecule has 0 aliphatic rings. The summed E-state index contributed by atoms with van der Waals surface area (Å²) in [6.45, 7) is 7.42. The number of aliphatic imine (C=N–C) groups is 1. The monoisotopic (exact) mass is 212 g/mol. The summed E-state index contributed by atoms with van der Waals surface area (Å²) in [5.74, 6) is 0.631. The molecule has 0 aliphatic heterocycles. The Balaban J connectivity index is 0. The first-order valence-corrected chi connectivity index (χ1v) is 5.24. The first-order chi connectivity index (χ1) is 6.87. The molecule has 0 aromatic heterocycles. The van der Waals surface area contributed by atoms with Crippen LogP contribution in [0.5, 0.6) is 0 Å². The molecule has 4 heteroatoms. The highest BCUT2D eigenvalue weighted by Gasteiger charge is 2.08. The third-order valence-corrected chi connectivity index (χ3v) is 1.94. The van der Waals surface area contributed by atoms with Crippen LogP contribution in [0.3, 0.4) is 0 Å². The zero-order valence-corrected chi connectivity index (χ0v) is 10.5. The first-order valence-electron chi connectivity index (χ1n) is 5.24. The zero-order chi connectivity index (χ0) is 11.9. The highest BCUT2D eigenvalue weighted by atomic mass is 15.3. The van der Waals surface area contributed by atoms with Gasteiger partial charge in [0.1, 0.15) is 0 Å². The molecule has 4 nitrogen and oxygen atoms in total. The van der Waals surface area contributed by atoms with Gasteiger partial charge in [0.25, 0.3) is 0 Å². The van der Waals surface area contributed by atoms with Crippen LogP contribution in [-0.4, -0.2) is 31.5 Å². The third kappa shape index (κ3) is 7.80. The van der Waals surface area contributed by atoms with E-state index in [1.54, 1.807) is 4.90 Å². The van der Waals surface area contributed by atoms with Gasteiger partial charge in [0.15, 0.2) is 6.19 Å². The average molecular weight is 212 g/mol. The summed E-state index contributed by atoms with van der Waals surface area (Å²) in [6, 6.07) is 0. The Morgan fingerprint density at radius 3 is 2.47 bits per heavy atom. The minimum Gasteiger partial charge on any atom is -0.348 e. The summed E-state index contributed by atoms with van der Waals surface area (Å²) in [7, 11) is 3.74. The van der Waals surface area contributed by atoms with Gasteiger partial charge < -0.3 is 4.90 Å². The molecule has 0 saturated carbocycles. The second-order valence-corrected chi connectivity index (χ2v) is 5.00. The maximum atomic E-state index is 8.50. The quantitative estimate of drug-likeness (QED) is 0.256. The largest absolute Gasteiger partial charge is 0.348 e. The number of hydrogen-bond acceptors (Lipinski definition) is 2. The Labute approximate surface area is 94.5 Å². The van der Waals surface area contributed by atoms with Crippen LogP contribution in [0, 0.1) is 16.9 Å². The summed E-state index contributed by atoms with van der Waals surface area (Å²) in [6.07, 6.45) is 4.08. The maximum Gasteiger partial charge on any atom is 0.206 e. The van der Waals surface area contributed by atoms with Gasteiger partial charge in [0, 0.05) is 22.1 Å². The Morgan fingerprint density at radius 1 is 1.47 bits per heavy atom. The normalized spacial score (nSPS) is 12.1. The topological polar surface area (TPSA) is 51.4 Å². The second-order valence-electron chi connectivity index (χ2n) is 5.00. The second kappa shape index (κ2) is 6.28. The van der Waals surface area contributed by atoms with Crippen molar-refractivity contribution in [1.82, 2.24) is 10.2 Å². The molecule has 0 bridgehead atoms. The van der Waals surface area contributed by atoms with Gasteiger partial charge in [-0.15, -0.1) is 0 Å². The smallest absolute Gasteiger partial charge is 0.206 e. The molecule has 0 aromatic rings. The van der Waals surface area contributed by atoms with Gasteiger partial charge in [0.2, 0.25) is 5.96 Å². The summed E-state index contributed by atoms with van der Waals surface area (Å²) < 4.78 is 0. The molecule has 0 spiro atoms. The molecule has 0 saturated heterocycles. The van der Waals surface area contributed by atoms with Crippen LogP contribution in [0.25, 0.3) is 0 Å². The van der Waals surface area contributed by atoms with E-state index in [-0.39, 0.29) is 1.43 Å². The van der Waals surface area contributed by atoms with Crippen LogP contribution < -0.4 is 5.32 Å². The molecule has 0 heterocycles. The maximum absolute atomic E-state index is 8.50. The first kappa shape index (κ1) is 13.8. The fourth-order valence-electron chi connectivity index (χ4n) is 1.14. The van der Waals surface area contributed by atoms with E-state index in [0.717, 1.165) is 19.4 Å². The van der Waals surface area contributed by atoms with Crippen molar-refractivity contribution in [3.8, 4) is 6.19 Å². The lowest BCUT2D eigenvalue weighted by Crippen LogP contribution is -2.33. The minimum atomic E-state index is 0. The summed E-state index contributed by atoms with van der Waals surface area (Å²) in [5.41, 5.74) is 0.358. The minimum absolute atomic E-state index is 0. The molecular formula is C11H24N4. The number of guanidine groups is 1. The number of rotatable bonds is 3. The Kier molecular flexibility index (Phi) is 5.76. The van der Waals surface area contributed by atoms with Crippen LogP contribution >= 0.6 is 0 Å². The Bertz CT molecular complexity index is 248. The number of nitrogens with one attached hydrogen (secondary N) is 1. The fourth-order valence-corrected chi connectivity index (χ4v) is 1.14.